The number of hydrogen-bond donors (Lipinski definition) is 1. The number of amides is 2. The largest absolute Gasteiger partial charge is 0.497 e. The van der Waals surface area contributed by atoms with Crippen LogP contribution in [-0.4, -0.2) is 70.3 Å². The van der Waals surface area contributed by atoms with E-state index in [0.29, 0.717) is 30.5 Å². The van der Waals surface area contributed by atoms with E-state index in [9.17, 15) is 18.0 Å². The Morgan fingerprint density at radius 3 is 2.46 bits per heavy atom. The third-order valence-corrected chi connectivity index (χ3v) is 8.24. The van der Waals surface area contributed by atoms with Crippen molar-refractivity contribution in [1.29, 1.82) is 0 Å². The number of anilines is 1. The fourth-order valence-electron chi connectivity index (χ4n) is 4.92. The van der Waals surface area contributed by atoms with Crippen LogP contribution in [-0.2, 0) is 26.2 Å². The molecule has 0 saturated heterocycles. The quantitative estimate of drug-likeness (QED) is 0.476. The van der Waals surface area contributed by atoms with Crippen LogP contribution in [0.1, 0.15) is 44.6 Å². The van der Waals surface area contributed by atoms with Crippen LogP contribution in [0.5, 0.6) is 17.2 Å². The summed E-state index contributed by atoms with van der Waals surface area (Å²) in [5.74, 6) is 0.770. The van der Waals surface area contributed by atoms with E-state index in [1.807, 2.05) is 12.1 Å². The van der Waals surface area contributed by atoms with Crippen LogP contribution in [0.15, 0.2) is 42.5 Å². The number of ether oxygens (including phenoxy) is 3. The molecule has 1 N–H and O–H groups in total. The number of nitrogens with one attached hydrogen (secondary N) is 1. The number of hydrogen-bond acceptors (Lipinski definition) is 7. The van der Waals surface area contributed by atoms with Crippen molar-refractivity contribution in [3.8, 4) is 17.2 Å². The molecule has 1 unspecified atom stereocenters. The van der Waals surface area contributed by atoms with Crippen LogP contribution in [0.25, 0.3) is 0 Å². The van der Waals surface area contributed by atoms with Gasteiger partial charge >= 0.3 is 0 Å². The molecular formula is C28H37N3O7S. The average molecular weight is 560 g/mol. The predicted molar refractivity (Wildman–Crippen MR) is 148 cm³/mol. The minimum atomic E-state index is -3.86. The van der Waals surface area contributed by atoms with Crippen molar-refractivity contribution < 1.29 is 32.2 Å². The van der Waals surface area contributed by atoms with E-state index in [0.717, 1.165) is 48.2 Å². The zero-order valence-corrected chi connectivity index (χ0v) is 23.5. The molecule has 10 nitrogen and oxygen atoms in total. The fraction of sp³-hybridized carbons (Fsp3) is 0.500. The third-order valence-electron chi connectivity index (χ3n) is 7.10. The van der Waals surface area contributed by atoms with Gasteiger partial charge in [0.05, 0.1) is 19.1 Å². The molecule has 0 bridgehead atoms. The normalized spacial score (nSPS) is 16.2. The molecule has 1 saturated carbocycles. The molecule has 1 aliphatic carbocycles. The van der Waals surface area contributed by atoms with Crippen LogP contribution in [0.2, 0.25) is 0 Å². The Labute approximate surface area is 230 Å². The zero-order valence-electron chi connectivity index (χ0n) is 22.7. The highest BCUT2D eigenvalue weighted by Crippen LogP contribution is 2.34. The van der Waals surface area contributed by atoms with E-state index in [1.54, 1.807) is 44.4 Å². The second kappa shape index (κ2) is 12.6. The molecule has 2 aliphatic rings. The lowest BCUT2D eigenvalue weighted by Gasteiger charge is -2.33. The lowest BCUT2D eigenvalue weighted by atomic mass is 9.95. The maximum atomic E-state index is 13.8. The molecule has 1 fully saturated rings. The summed E-state index contributed by atoms with van der Waals surface area (Å²) < 4.78 is 43.2. The summed E-state index contributed by atoms with van der Waals surface area (Å²) >= 11 is 0. The number of nitrogens with zero attached hydrogens (tertiary/aromatic N) is 2. The number of fused-ring (bicyclic) bond motifs is 1. The molecule has 11 heteroatoms. The van der Waals surface area contributed by atoms with Gasteiger partial charge in [0, 0.05) is 18.7 Å². The summed E-state index contributed by atoms with van der Waals surface area (Å²) in [4.78, 5) is 28.5. The van der Waals surface area contributed by atoms with Gasteiger partial charge in [0.15, 0.2) is 11.5 Å². The van der Waals surface area contributed by atoms with Crippen molar-refractivity contribution in [3.05, 3.63) is 48.0 Å². The van der Waals surface area contributed by atoms with Gasteiger partial charge in [-0.15, -0.1) is 0 Å². The van der Waals surface area contributed by atoms with Gasteiger partial charge in [-0.2, -0.15) is 0 Å². The molecule has 212 valence electrons. The summed E-state index contributed by atoms with van der Waals surface area (Å²) in [7, 11) is -2.30. The molecule has 2 aromatic rings. The molecule has 0 spiro atoms. The van der Waals surface area contributed by atoms with Crippen LogP contribution < -0.4 is 23.8 Å². The Kier molecular flexibility index (Phi) is 9.21. The third kappa shape index (κ3) is 7.35. The maximum Gasteiger partial charge on any atom is 0.244 e. The van der Waals surface area contributed by atoms with Crippen LogP contribution in [0, 0.1) is 0 Å². The Morgan fingerprint density at radius 2 is 1.77 bits per heavy atom. The maximum absolute atomic E-state index is 13.8. The lowest BCUT2D eigenvalue weighted by molar-refractivity contribution is -0.139. The summed E-state index contributed by atoms with van der Waals surface area (Å²) in [5, 5.41) is 3.09. The Bertz CT molecular complexity index is 1280. The van der Waals surface area contributed by atoms with E-state index in [2.05, 4.69) is 5.32 Å². The van der Waals surface area contributed by atoms with E-state index in [1.165, 1.54) is 4.90 Å². The van der Waals surface area contributed by atoms with Gasteiger partial charge in [-0.25, -0.2) is 8.42 Å². The highest BCUT2D eigenvalue weighted by Gasteiger charge is 2.31. The summed E-state index contributed by atoms with van der Waals surface area (Å²) in [6, 6.07) is 11.2. The minimum Gasteiger partial charge on any atom is -0.497 e. The van der Waals surface area contributed by atoms with Gasteiger partial charge < -0.3 is 24.4 Å². The van der Waals surface area contributed by atoms with Gasteiger partial charge in [0.2, 0.25) is 21.8 Å². The zero-order chi connectivity index (χ0) is 28.0. The summed E-state index contributed by atoms with van der Waals surface area (Å²) in [5.41, 5.74) is 1.03. The van der Waals surface area contributed by atoms with Crippen molar-refractivity contribution >= 4 is 27.5 Å². The number of sulfonamides is 1. The smallest absolute Gasteiger partial charge is 0.244 e. The Morgan fingerprint density at radius 1 is 1.05 bits per heavy atom. The number of rotatable bonds is 10. The highest BCUT2D eigenvalue weighted by atomic mass is 32.2. The van der Waals surface area contributed by atoms with Crippen molar-refractivity contribution in [2.45, 2.75) is 57.7 Å². The molecule has 2 aromatic carbocycles. The van der Waals surface area contributed by atoms with Crippen LogP contribution in [0.4, 0.5) is 5.69 Å². The Hall–Kier alpha value is -3.47. The molecule has 1 heterocycles. The summed E-state index contributed by atoms with van der Waals surface area (Å²) in [6.45, 7) is 2.04. The average Bonchev–Trinajstić information content (AvgIpc) is 2.94. The molecular weight excluding hydrogens is 522 g/mol. The first-order chi connectivity index (χ1) is 18.7. The first-order valence-corrected chi connectivity index (χ1v) is 15.1. The number of carbonyl (C=O) groups is 2. The highest BCUT2D eigenvalue weighted by molar-refractivity contribution is 7.92. The van der Waals surface area contributed by atoms with Gasteiger partial charge in [-0.3, -0.25) is 13.9 Å². The van der Waals surface area contributed by atoms with E-state index in [-0.39, 0.29) is 24.2 Å². The Balaban J connectivity index is 1.60. The standard InChI is InChI=1S/C28H37N3O7S/c1-20(28(33)29-22-9-5-4-6-10-22)30(18-21-8-7-11-24(16-21)36-2)27(32)19-31(39(3,34)35)23-12-13-25-26(17-23)38-15-14-37-25/h7-8,11-13,16-17,20,22H,4-6,9-10,14-15,18-19H2,1-3H3,(H,29,33). The fourth-order valence-corrected chi connectivity index (χ4v) is 5.76. The van der Waals surface area contributed by atoms with E-state index < -0.39 is 28.5 Å². The molecule has 1 atom stereocenters. The molecule has 39 heavy (non-hydrogen) atoms. The molecule has 0 aromatic heterocycles. The number of methoxy groups -OCH3 is 1. The van der Waals surface area contributed by atoms with Gasteiger partial charge in [0.25, 0.3) is 0 Å². The molecule has 0 radical (unpaired) electrons. The predicted octanol–water partition coefficient (Wildman–Crippen LogP) is 3.10. The second-order valence-electron chi connectivity index (χ2n) is 9.99. The van der Waals surface area contributed by atoms with Gasteiger partial charge in [0.1, 0.15) is 31.5 Å². The first-order valence-electron chi connectivity index (χ1n) is 13.3. The summed E-state index contributed by atoms with van der Waals surface area (Å²) in [6.07, 6.45) is 6.14. The van der Waals surface area contributed by atoms with Crippen LogP contribution >= 0.6 is 0 Å². The van der Waals surface area contributed by atoms with E-state index >= 15 is 0 Å². The SMILES string of the molecule is COc1cccc(CN(C(=O)CN(c2ccc3c(c2)OCCO3)S(C)(=O)=O)C(C)C(=O)NC2CCCCC2)c1. The topological polar surface area (TPSA) is 114 Å². The lowest BCUT2D eigenvalue weighted by Crippen LogP contribution is -2.52. The van der Waals surface area contributed by atoms with E-state index in [4.69, 9.17) is 14.2 Å². The number of benzene rings is 2. The number of carbonyl (C=O) groups excluding carboxylic acids is 2. The molecule has 4 rings (SSSR count). The monoisotopic (exact) mass is 559 g/mol. The van der Waals surface area contributed by atoms with Crippen molar-refractivity contribution in [2.75, 3.05) is 37.4 Å². The van der Waals surface area contributed by atoms with Crippen molar-refractivity contribution in [2.24, 2.45) is 0 Å². The van der Waals surface area contributed by atoms with Gasteiger partial charge in [-0.1, -0.05) is 31.4 Å². The minimum absolute atomic E-state index is 0.0766. The van der Waals surface area contributed by atoms with Gasteiger partial charge in [-0.05, 0) is 49.6 Å². The molecule has 2 amide bonds. The molecule has 1 aliphatic heterocycles. The first kappa shape index (κ1) is 28.5. The van der Waals surface area contributed by atoms with Crippen LogP contribution in [0.3, 0.4) is 0 Å². The van der Waals surface area contributed by atoms with Crippen molar-refractivity contribution in [3.63, 3.8) is 0 Å². The van der Waals surface area contributed by atoms with Crippen molar-refractivity contribution in [1.82, 2.24) is 10.2 Å². The second-order valence-corrected chi connectivity index (χ2v) is 11.9.